The van der Waals surface area contributed by atoms with Gasteiger partial charge in [0.2, 0.25) is 0 Å². The fraction of sp³-hybridized carbons (Fsp3) is 0.136. The zero-order valence-electron chi connectivity index (χ0n) is 17.8. The maximum Gasteiger partial charge on any atom is 0.271 e. The molecule has 0 aliphatic rings. The number of methoxy groups -OCH3 is 2. The molecule has 0 fully saturated rings. The molecule has 0 spiro atoms. The van der Waals surface area contributed by atoms with Gasteiger partial charge in [-0.05, 0) is 36.4 Å². The third kappa shape index (κ3) is 5.57. The summed E-state index contributed by atoms with van der Waals surface area (Å²) in [5, 5.41) is 13.8. The molecule has 0 saturated carbocycles. The van der Waals surface area contributed by atoms with E-state index >= 15 is 0 Å². The molecular formula is C22H21N3O7S. The van der Waals surface area contributed by atoms with Crippen molar-refractivity contribution in [2.75, 3.05) is 18.9 Å². The highest BCUT2D eigenvalue weighted by molar-refractivity contribution is 7.92. The van der Waals surface area contributed by atoms with Gasteiger partial charge >= 0.3 is 0 Å². The number of rotatable bonds is 9. The first-order valence-electron chi connectivity index (χ1n) is 9.60. The molecule has 10 nitrogen and oxygen atoms in total. The van der Waals surface area contributed by atoms with Crippen molar-refractivity contribution in [2.45, 2.75) is 11.4 Å². The van der Waals surface area contributed by atoms with E-state index in [1.165, 1.54) is 50.6 Å². The lowest BCUT2D eigenvalue weighted by atomic mass is 10.2. The van der Waals surface area contributed by atoms with Gasteiger partial charge in [0.15, 0.2) is 0 Å². The van der Waals surface area contributed by atoms with E-state index in [-0.39, 0.29) is 34.1 Å². The zero-order valence-corrected chi connectivity index (χ0v) is 18.6. The van der Waals surface area contributed by atoms with Gasteiger partial charge < -0.3 is 14.8 Å². The van der Waals surface area contributed by atoms with Crippen molar-refractivity contribution in [3.8, 4) is 11.5 Å². The first-order valence-corrected chi connectivity index (χ1v) is 11.1. The highest BCUT2D eigenvalue weighted by Crippen LogP contribution is 2.31. The number of hydrogen-bond donors (Lipinski definition) is 2. The number of para-hydroxylation sites is 1. The molecule has 11 heteroatoms. The van der Waals surface area contributed by atoms with E-state index < -0.39 is 20.9 Å². The van der Waals surface area contributed by atoms with Crippen molar-refractivity contribution in [1.29, 1.82) is 0 Å². The minimum Gasteiger partial charge on any atom is -0.496 e. The van der Waals surface area contributed by atoms with Crippen LogP contribution in [0.25, 0.3) is 0 Å². The van der Waals surface area contributed by atoms with Gasteiger partial charge in [0, 0.05) is 29.8 Å². The minimum absolute atomic E-state index is 0.0784. The molecule has 1 amide bonds. The van der Waals surface area contributed by atoms with Gasteiger partial charge in [0.05, 0.1) is 29.7 Å². The summed E-state index contributed by atoms with van der Waals surface area (Å²) in [6, 6.07) is 16.1. The Kier molecular flexibility index (Phi) is 7.13. The van der Waals surface area contributed by atoms with Crippen LogP contribution in [-0.4, -0.2) is 33.5 Å². The number of non-ortho nitro benzene ring substituents is 1. The Morgan fingerprint density at radius 3 is 2.27 bits per heavy atom. The first-order chi connectivity index (χ1) is 15.7. The van der Waals surface area contributed by atoms with Crippen LogP contribution in [0.15, 0.2) is 71.6 Å². The highest BCUT2D eigenvalue weighted by atomic mass is 32.2. The standard InChI is InChI=1S/C22H21N3O7S/c1-31-20-6-4-3-5-16(20)14-23-22(26)15-7-10-18(11-8-15)33(29,30)24-19-13-17(25(27)28)9-12-21(19)32-2/h3-13,24H,14H2,1-2H3,(H,23,26). The molecule has 172 valence electrons. The number of nitro groups is 1. The number of amides is 1. The lowest BCUT2D eigenvalue weighted by molar-refractivity contribution is -0.384. The quantitative estimate of drug-likeness (QED) is 0.361. The summed E-state index contributed by atoms with van der Waals surface area (Å²) in [5.74, 6) is 0.372. The van der Waals surface area contributed by atoms with Gasteiger partial charge in [0.25, 0.3) is 21.6 Å². The van der Waals surface area contributed by atoms with Crippen LogP contribution in [0.3, 0.4) is 0 Å². The smallest absolute Gasteiger partial charge is 0.271 e. The number of ether oxygens (including phenoxy) is 2. The first kappa shape index (κ1) is 23.5. The molecule has 0 aliphatic heterocycles. The lowest BCUT2D eigenvalue weighted by Crippen LogP contribution is -2.23. The Labute approximate surface area is 190 Å². The average Bonchev–Trinajstić information content (AvgIpc) is 2.82. The number of benzene rings is 3. The van der Waals surface area contributed by atoms with Crippen molar-refractivity contribution < 1.29 is 27.6 Å². The van der Waals surface area contributed by atoms with Crippen molar-refractivity contribution in [2.24, 2.45) is 0 Å². The van der Waals surface area contributed by atoms with Crippen LogP contribution in [0.5, 0.6) is 11.5 Å². The summed E-state index contributed by atoms with van der Waals surface area (Å²) < 4.78 is 38.1. The van der Waals surface area contributed by atoms with Crippen molar-refractivity contribution in [1.82, 2.24) is 5.32 Å². The number of nitrogens with zero attached hydrogens (tertiary/aromatic N) is 1. The Morgan fingerprint density at radius 2 is 1.64 bits per heavy atom. The highest BCUT2D eigenvalue weighted by Gasteiger charge is 2.20. The van der Waals surface area contributed by atoms with Gasteiger partial charge in [0.1, 0.15) is 11.5 Å². The maximum atomic E-state index is 12.8. The summed E-state index contributed by atoms with van der Waals surface area (Å²) >= 11 is 0. The van der Waals surface area contributed by atoms with E-state index in [1.54, 1.807) is 6.07 Å². The lowest BCUT2D eigenvalue weighted by Gasteiger charge is -2.12. The maximum absolute atomic E-state index is 12.8. The van der Waals surface area contributed by atoms with Crippen LogP contribution in [0.2, 0.25) is 0 Å². The van der Waals surface area contributed by atoms with E-state index in [0.29, 0.717) is 5.75 Å². The predicted octanol–water partition coefficient (Wildman–Crippen LogP) is 3.34. The van der Waals surface area contributed by atoms with E-state index in [1.807, 2.05) is 18.2 Å². The molecule has 0 radical (unpaired) electrons. The Balaban J connectivity index is 1.74. The molecule has 3 aromatic rings. The Hall–Kier alpha value is -4.12. The van der Waals surface area contributed by atoms with Crippen molar-refractivity contribution >= 4 is 27.3 Å². The largest absolute Gasteiger partial charge is 0.496 e. The van der Waals surface area contributed by atoms with Gasteiger partial charge in [-0.2, -0.15) is 0 Å². The SMILES string of the molecule is COc1ccccc1CNC(=O)c1ccc(S(=O)(=O)Nc2cc([N+](=O)[O-])ccc2OC)cc1. The number of carbonyl (C=O) groups excluding carboxylic acids is 1. The fourth-order valence-electron chi connectivity index (χ4n) is 3.01. The monoisotopic (exact) mass is 471 g/mol. The van der Waals surface area contributed by atoms with Gasteiger partial charge in [-0.15, -0.1) is 0 Å². The predicted molar refractivity (Wildman–Crippen MR) is 121 cm³/mol. The molecule has 0 bridgehead atoms. The number of nitrogens with one attached hydrogen (secondary N) is 2. The molecule has 0 aromatic heterocycles. The topological polar surface area (TPSA) is 137 Å². The molecule has 2 N–H and O–H groups in total. The number of sulfonamides is 1. The van der Waals surface area contributed by atoms with Crippen LogP contribution >= 0.6 is 0 Å². The summed E-state index contributed by atoms with van der Waals surface area (Å²) in [6.45, 7) is 0.233. The van der Waals surface area contributed by atoms with Crippen LogP contribution in [0.1, 0.15) is 15.9 Å². The van der Waals surface area contributed by atoms with E-state index in [4.69, 9.17) is 9.47 Å². The van der Waals surface area contributed by atoms with E-state index in [0.717, 1.165) is 11.6 Å². The molecule has 0 aliphatic carbocycles. The molecule has 0 saturated heterocycles. The van der Waals surface area contributed by atoms with Crippen LogP contribution in [0, 0.1) is 10.1 Å². The van der Waals surface area contributed by atoms with Crippen LogP contribution < -0.4 is 19.5 Å². The summed E-state index contributed by atoms with van der Waals surface area (Å²) in [7, 11) is -1.24. The van der Waals surface area contributed by atoms with Gasteiger partial charge in [-0.3, -0.25) is 19.6 Å². The van der Waals surface area contributed by atoms with Crippen LogP contribution in [0.4, 0.5) is 11.4 Å². The molecule has 3 rings (SSSR count). The molecular weight excluding hydrogens is 450 g/mol. The molecule has 0 unspecified atom stereocenters. The molecule has 0 atom stereocenters. The van der Waals surface area contributed by atoms with Crippen molar-refractivity contribution in [3.63, 3.8) is 0 Å². The van der Waals surface area contributed by atoms with Gasteiger partial charge in [-0.25, -0.2) is 8.42 Å². The summed E-state index contributed by atoms with van der Waals surface area (Å²) in [6.07, 6.45) is 0. The second-order valence-electron chi connectivity index (χ2n) is 6.77. The number of hydrogen-bond acceptors (Lipinski definition) is 7. The summed E-state index contributed by atoms with van der Waals surface area (Å²) in [5.41, 5.74) is 0.681. The number of carbonyl (C=O) groups is 1. The van der Waals surface area contributed by atoms with E-state index in [2.05, 4.69) is 10.0 Å². The Bertz CT molecular complexity index is 1280. The van der Waals surface area contributed by atoms with E-state index in [9.17, 15) is 23.3 Å². The molecule has 33 heavy (non-hydrogen) atoms. The minimum atomic E-state index is -4.10. The third-order valence-corrected chi connectivity index (χ3v) is 6.08. The van der Waals surface area contributed by atoms with Crippen molar-refractivity contribution in [3.05, 3.63) is 88.0 Å². The average molecular weight is 471 g/mol. The number of nitro benzene ring substituents is 1. The number of anilines is 1. The second-order valence-corrected chi connectivity index (χ2v) is 8.45. The third-order valence-electron chi connectivity index (χ3n) is 4.70. The molecule has 0 heterocycles. The van der Waals surface area contributed by atoms with Gasteiger partial charge in [-0.1, -0.05) is 18.2 Å². The Morgan fingerprint density at radius 1 is 0.970 bits per heavy atom. The second kappa shape index (κ2) is 10.0. The zero-order chi connectivity index (χ0) is 24.0. The molecule has 3 aromatic carbocycles. The summed E-state index contributed by atoms with van der Waals surface area (Å²) in [4.78, 5) is 22.7. The van der Waals surface area contributed by atoms with Crippen LogP contribution in [-0.2, 0) is 16.6 Å². The fourth-order valence-corrected chi connectivity index (χ4v) is 4.07. The normalized spacial score (nSPS) is 10.8.